The molecule has 3 rings (SSSR count). The lowest BCUT2D eigenvalue weighted by molar-refractivity contribution is -0.134. The Kier molecular flexibility index (Phi) is 6.40. The summed E-state index contributed by atoms with van der Waals surface area (Å²) in [5.41, 5.74) is 0. The molecule has 0 aromatic carbocycles. The maximum absolute atomic E-state index is 12.3. The highest BCUT2D eigenvalue weighted by Gasteiger charge is 2.31. The highest BCUT2D eigenvalue weighted by molar-refractivity contribution is 7.09. The molecule has 2 aromatic rings. The van der Waals surface area contributed by atoms with Crippen molar-refractivity contribution in [3.63, 3.8) is 0 Å². The lowest BCUT2D eigenvalue weighted by Gasteiger charge is -2.34. The minimum atomic E-state index is -0.401. The molecule has 1 saturated heterocycles. The summed E-state index contributed by atoms with van der Waals surface area (Å²) >= 11 is 1.67. The van der Waals surface area contributed by atoms with Gasteiger partial charge < -0.3 is 15.2 Å². The Hall–Kier alpha value is -2.19. The van der Waals surface area contributed by atoms with E-state index >= 15 is 0 Å². The normalized spacial score (nSPS) is 17.9. The van der Waals surface area contributed by atoms with Crippen molar-refractivity contribution in [3.05, 3.63) is 40.6 Å². The van der Waals surface area contributed by atoms with Crippen LogP contribution in [0.4, 0.5) is 0 Å². The summed E-state index contributed by atoms with van der Waals surface area (Å²) in [7, 11) is 0. The first-order valence-corrected chi connectivity index (χ1v) is 9.80. The lowest BCUT2D eigenvalue weighted by atomic mass is 10.1. The predicted octanol–water partition coefficient (Wildman–Crippen LogP) is 1.15. The molecule has 0 saturated carbocycles. The standard InChI is InChI=1S/C18H25N5O2S/c1-14-19-6-9-22(14)8-3-5-20-17(24)12-16-18(25)21-7-10-23(16)13-15-4-2-11-26-15/h2,4,6,9,11,16H,3,5,7-8,10,12-13H2,1H3,(H,20,24)(H,21,25)/t16-/m0/s1. The van der Waals surface area contributed by atoms with Gasteiger partial charge >= 0.3 is 0 Å². The highest BCUT2D eigenvalue weighted by Crippen LogP contribution is 2.17. The van der Waals surface area contributed by atoms with Gasteiger partial charge in [0.25, 0.3) is 0 Å². The molecule has 3 heterocycles. The van der Waals surface area contributed by atoms with Crippen molar-refractivity contribution in [2.75, 3.05) is 19.6 Å². The Labute approximate surface area is 157 Å². The van der Waals surface area contributed by atoms with Gasteiger partial charge in [0.2, 0.25) is 11.8 Å². The molecule has 1 aliphatic rings. The molecular weight excluding hydrogens is 350 g/mol. The van der Waals surface area contributed by atoms with Gasteiger partial charge in [-0.25, -0.2) is 4.98 Å². The van der Waals surface area contributed by atoms with Crippen LogP contribution in [0.2, 0.25) is 0 Å². The summed E-state index contributed by atoms with van der Waals surface area (Å²) in [5, 5.41) is 7.84. The number of amides is 2. The summed E-state index contributed by atoms with van der Waals surface area (Å²) in [6.45, 7) is 5.48. The topological polar surface area (TPSA) is 79.3 Å². The van der Waals surface area contributed by atoms with E-state index in [1.807, 2.05) is 24.6 Å². The Balaban J connectivity index is 1.46. The number of imidazole rings is 1. The fourth-order valence-corrected chi connectivity index (χ4v) is 3.87. The van der Waals surface area contributed by atoms with Crippen molar-refractivity contribution in [2.45, 2.75) is 38.9 Å². The number of thiophene rings is 1. The number of hydrogen-bond donors (Lipinski definition) is 2. The minimum Gasteiger partial charge on any atom is -0.356 e. The van der Waals surface area contributed by atoms with E-state index in [0.29, 0.717) is 19.6 Å². The van der Waals surface area contributed by atoms with Crippen molar-refractivity contribution in [1.82, 2.24) is 25.1 Å². The van der Waals surface area contributed by atoms with Gasteiger partial charge in [-0.15, -0.1) is 11.3 Å². The molecule has 26 heavy (non-hydrogen) atoms. The average molecular weight is 375 g/mol. The summed E-state index contributed by atoms with van der Waals surface area (Å²) in [6.07, 6.45) is 4.74. The minimum absolute atomic E-state index is 0.0583. The van der Waals surface area contributed by atoms with Gasteiger partial charge in [-0.2, -0.15) is 0 Å². The molecule has 7 nitrogen and oxygen atoms in total. The Morgan fingerprint density at radius 3 is 3.12 bits per heavy atom. The van der Waals surface area contributed by atoms with Crippen LogP contribution in [0, 0.1) is 6.92 Å². The third-order valence-electron chi connectivity index (χ3n) is 4.58. The first-order valence-electron chi connectivity index (χ1n) is 8.92. The number of nitrogens with zero attached hydrogens (tertiary/aromatic N) is 3. The van der Waals surface area contributed by atoms with E-state index in [-0.39, 0.29) is 18.2 Å². The largest absolute Gasteiger partial charge is 0.356 e. The molecule has 1 atom stereocenters. The molecule has 1 fully saturated rings. The number of aryl methyl sites for hydroxylation is 2. The van der Waals surface area contributed by atoms with Crippen LogP contribution < -0.4 is 10.6 Å². The monoisotopic (exact) mass is 375 g/mol. The van der Waals surface area contributed by atoms with Crippen LogP contribution in [0.15, 0.2) is 29.9 Å². The number of nitrogens with one attached hydrogen (secondary N) is 2. The number of carbonyl (C=O) groups excluding carboxylic acids is 2. The lowest BCUT2D eigenvalue weighted by Crippen LogP contribution is -2.56. The predicted molar refractivity (Wildman–Crippen MR) is 101 cm³/mol. The second-order valence-corrected chi connectivity index (χ2v) is 7.46. The number of carbonyl (C=O) groups is 2. The van der Waals surface area contributed by atoms with E-state index in [1.165, 1.54) is 4.88 Å². The Morgan fingerprint density at radius 1 is 1.50 bits per heavy atom. The molecule has 0 spiro atoms. The molecule has 0 radical (unpaired) electrons. The summed E-state index contributed by atoms with van der Waals surface area (Å²) in [5.74, 6) is 0.835. The van der Waals surface area contributed by atoms with E-state index in [4.69, 9.17) is 0 Å². The first-order chi connectivity index (χ1) is 12.6. The van der Waals surface area contributed by atoms with E-state index in [9.17, 15) is 9.59 Å². The summed E-state index contributed by atoms with van der Waals surface area (Å²) in [6, 6.07) is 3.67. The number of hydrogen-bond acceptors (Lipinski definition) is 5. The zero-order chi connectivity index (χ0) is 18.4. The van der Waals surface area contributed by atoms with Gasteiger partial charge in [-0.1, -0.05) is 6.07 Å². The SMILES string of the molecule is Cc1nccn1CCCNC(=O)C[C@H]1C(=O)NCCN1Cc1cccs1. The number of piperazine rings is 1. The van der Waals surface area contributed by atoms with Crippen LogP contribution in [-0.2, 0) is 22.7 Å². The maximum Gasteiger partial charge on any atom is 0.237 e. The molecule has 2 aromatic heterocycles. The number of rotatable bonds is 8. The van der Waals surface area contributed by atoms with Crippen LogP contribution >= 0.6 is 11.3 Å². The summed E-state index contributed by atoms with van der Waals surface area (Å²) in [4.78, 5) is 32.0. The van der Waals surface area contributed by atoms with Crippen molar-refractivity contribution < 1.29 is 9.59 Å². The van der Waals surface area contributed by atoms with Crippen molar-refractivity contribution in [1.29, 1.82) is 0 Å². The molecule has 1 aliphatic heterocycles. The molecule has 8 heteroatoms. The maximum atomic E-state index is 12.3. The van der Waals surface area contributed by atoms with E-state index < -0.39 is 6.04 Å². The highest BCUT2D eigenvalue weighted by atomic mass is 32.1. The molecular formula is C18H25N5O2S. The molecule has 2 N–H and O–H groups in total. The average Bonchev–Trinajstić information content (AvgIpc) is 3.27. The molecule has 2 amide bonds. The Bertz CT molecular complexity index is 728. The van der Waals surface area contributed by atoms with Gasteiger partial charge in [0.05, 0.1) is 12.5 Å². The van der Waals surface area contributed by atoms with Gasteiger partial charge in [-0.3, -0.25) is 14.5 Å². The molecule has 140 valence electrons. The third kappa shape index (κ3) is 4.92. The fourth-order valence-electron chi connectivity index (χ4n) is 3.14. The fraction of sp³-hybridized carbons (Fsp3) is 0.500. The molecule has 0 unspecified atom stereocenters. The van der Waals surface area contributed by atoms with Crippen molar-refractivity contribution >= 4 is 23.2 Å². The van der Waals surface area contributed by atoms with Gasteiger partial charge in [0.1, 0.15) is 5.82 Å². The molecule has 0 bridgehead atoms. The van der Waals surface area contributed by atoms with Crippen molar-refractivity contribution in [2.24, 2.45) is 0 Å². The van der Waals surface area contributed by atoms with Crippen LogP contribution in [0.3, 0.4) is 0 Å². The van der Waals surface area contributed by atoms with Crippen LogP contribution in [0.25, 0.3) is 0 Å². The van der Waals surface area contributed by atoms with Gasteiger partial charge in [-0.05, 0) is 24.8 Å². The van der Waals surface area contributed by atoms with E-state index in [1.54, 1.807) is 17.5 Å². The van der Waals surface area contributed by atoms with Gasteiger partial charge in [0.15, 0.2) is 0 Å². The van der Waals surface area contributed by atoms with Crippen LogP contribution in [0.5, 0.6) is 0 Å². The van der Waals surface area contributed by atoms with Crippen molar-refractivity contribution in [3.8, 4) is 0 Å². The second-order valence-electron chi connectivity index (χ2n) is 6.43. The summed E-state index contributed by atoms with van der Waals surface area (Å²) < 4.78 is 2.06. The first kappa shape index (κ1) is 18.6. The molecule has 0 aliphatic carbocycles. The van der Waals surface area contributed by atoms with Gasteiger partial charge in [0, 0.05) is 50.0 Å². The van der Waals surface area contributed by atoms with Crippen LogP contribution in [0.1, 0.15) is 23.5 Å². The second kappa shape index (κ2) is 8.95. The smallest absolute Gasteiger partial charge is 0.237 e. The Morgan fingerprint density at radius 2 is 2.38 bits per heavy atom. The quantitative estimate of drug-likeness (QED) is 0.679. The van der Waals surface area contributed by atoms with E-state index in [0.717, 1.165) is 25.3 Å². The van der Waals surface area contributed by atoms with Crippen LogP contribution in [-0.4, -0.2) is 51.9 Å². The van der Waals surface area contributed by atoms with E-state index in [2.05, 4.69) is 31.2 Å². The zero-order valence-electron chi connectivity index (χ0n) is 15.0. The zero-order valence-corrected chi connectivity index (χ0v) is 15.8. The number of aromatic nitrogens is 2. The third-order valence-corrected chi connectivity index (χ3v) is 5.44.